The number of azo groups is 1. The van der Waals surface area contributed by atoms with E-state index >= 15 is 0 Å². The fourth-order valence-corrected chi connectivity index (χ4v) is 2.93. The summed E-state index contributed by atoms with van der Waals surface area (Å²) in [6.45, 7) is 3.71. The van der Waals surface area contributed by atoms with Crippen LogP contribution in [0.4, 0.5) is 11.4 Å². The van der Waals surface area contributed by atoms with E-state index < -0.39 is 11.5 Å². The van der Waals surface area contributed by atoms with Gasteiger partial charge >= 0.3 is 11.5 Å². The molecule has 0 fully saturated rings. The summed E-state index contributed by atoms with van der Waals surface area (Å²) in [7, 11) is 0. The maximum atomic E-state index is 12.4. The van der Waals surface area contributed by atoms with Gasteiger partial charge in [-0.2, -0.15) is 14.8 Å². The Labute approximate surface area is 152 Å². The van der Waals surface area contributed by atoms with Gasteiger partial charge < -0.3 is 4.74 Å². The molecule has 10 heteroatoms. The predicted octanol–water partition coefficient (Wildman–Crippen LogP) is 2.55. The van der Waals surface area contributed by atoms with Gasteiger partial charge in [0.15, 0.2) is 10.9 Å². The Kier molecular flexibility index (Phi) is 5.12. The Hall–Kier alpha value is -3.01. The van der Waals surface area contributed by atoms with Gasteiger partial charge in [0.1, 0.15) is 0 Å². The summed E-state index contributed by atoms with van der Waals surface area (Å²) in [5.74, 6) is -0.484. The molecule has 1 aliphatic heterocycles. The molecule has 0 atom stereocenters. The molecule has 0 aliphatic carbocycles. The zero-order chi connectivity index (χ0) is 18.7. The maximum Gasteiger partial charge on any atom is 0.338 e. The minimum atomic E-state index is -0.435. The summed E-state index contributed by atoms with van der Waals surface area (Å²) in [5, 5.41) is 11.1. The second-order valence-electron chi connectivity index (χ2n) is 5.27. The van der Waals surface area contributed by atoms with E-state index in [4.69, 9.17) is 4.74 Å². The molecular formula is C16H15N5O4S. The number of aromatic amines is 1. The van der Waals surface area contributed by atoms with Crippen LogP contribution >= 0.6 is 11.8 Å². The maximum absolute atomic E-state index is 12.4. The topological polar surface area (TPSA) is 118 Å². The molecule has 1 aromatic heterocycles. The molecule has 0 unspecified atom stereocenters. The highest BCUT2D eigenvalue weighted by molar-refractivity contribution is 8.14. The first-order valence-corrected chi connectivity index (χ1v) is 8.73. The summed E-state index contributed by atoms with van der Waals surface area (Å²) >= 11 is 1.18. The fraction of sp³-hybridized carbons (Fsp3) is 0.250. The minimum Gasteiger partial charge on any atom is -0.462 e. The monoisotopic (exact) mass is 373 g/mol. The number of nitrogens with zero attached hydrogens (tertiary/aromatic N) is 4. The minimum absolute atomic E-state index is 0.127. The molecule has 134 valence electrons. The van der Waals surface area contributed by atoms with Crippen LogP contribution < -0.4 is 5.56 Å². The Morgan fingerprint density at radius 3 is 2.65 bits per heavy atom. The lowest BCUT2D eigenvalue weighted by molar-refractivity contribution is -0.115. The largest absolute Gasteiger partial charge is 0.462 e. The quantitative estimate of drug-likeness (QED) is 0.652. The van der Waals surface area contributed by atoms with Crippen LogP contribution in [0.25, 0.3) is 0 Å². The van der Waals surface area contributed by atoms with Crippen molar-refractivity contribution in [3.63, 3.8) is 0 Å². The van der Waals surface area contributed by atoms with Crippen LogP contribution in [0, 0.1) is 6.92 Å². The molecule has 1 N–H and O–H groups in total. The van der Waals surface area contributed by atoms with Gasteiger partial charge in [0.25, 0.3) is 5.91 Å². The number of ether oxygens (including phenoxy) is 1. The van der Waals surface area contributed by atoms with Crippen molar-refractivity contribution in [2.24, 2.45) is 15.2 Å². The van der Waals surface area contributed by atoms with E-state index in [1.165, 1.54) is 16.4 Å². The number of thioether (sulfide) groups is 1. The van der Waals surface area contributed by atoms with Gasteiger partial charge in [-0.25, -0.2) is 4.79 Å². The lowest BCUT2D eigenvalue weighted by Crippen LogP contribution is -2.21. The van der Waals surface area contributed by atoms with E-state index in [2.05, 4.69) is 20.3 Å². The predicted molar refractivity (Wildman–Crippen MR) is 96.7 cm³/mol. The third-order valence-electron chi connectivity index (χ3n) is 3.42. The number of hydrogen-bond acceptors (Lipinski definition) is 7. The van der Waals surface area contributed by atoms with Crippen LogP contribution in [-0.4, -0.2) is 39.2 Å². The van der Waals surface area contributed by atoms with Crippen molar-refractivity contribution in [1.82, 2.24) is 9.78 Å². The Bertz CT molecular complexity index is 972. The first-order chi connectivity index (χ1) is 12.5. The average Bonchev–Trinajstić information content (AvgIpc) is 3.17. The molecule has 1 amide bonds. The third-order valence-corrected chi connectivity index (χ3v) is 4.34. The van der Waals surface area contributed by atoms with E-state index in [1.807, 2.05) is 0 Å². The van der Waals surface area contributed by atoms with Crippen LogP contribution in [-0.2, 0) is 9.53 Å². The number of benzene rings is 1. The van der Waals surface area contributed by atoms with Gasteiger partial charge in [-0.05, 0) is 38.1 Å². The summed E-state index contributed by atoms with van der Waals surface area (Å²) in [6.07, 6.45) is 0. The van der Waals surface area contributed by atoms with Crippen LogP contribution in [0.2, 0.25) is 0 Å². The standard InChI is InChI=1S/C16H15N5O4S/c1-3-25-15(24)10-4-6-11(7-5-10)18-19-13-9(2)20-21(14(13)23)16-17-12(22)8-26-16/h4-7,20H,3,8H2,1-2H3. The van der Waals surface area contributed by atoms with Gasteiger partial charge in [0, 0.05) is 0 Å². The van der Waals surface area contributed by atoms with Crippen LogP contribution in [0.3, 0.4) is 0 Å². The van der Waals surface area contributed by atoms with E-state index in [0.717, 1.165) is 0 Å². The molecular weight excluding hydrogens is 358 g/mol. The van der Waals surface area contributed by atoms with Gasteiger partial charge in [-0.15, -0.1) is 5.11 Å². The second-order valence-corrected chi connectivity index (χ2v) is 6.21. The van der Waals surface area contributed by atoms with Crippen LogP contribution in [0.15, 0.2) is 44.3 Å². The number of aryl methyl sites for hydroxylation is 1. The summed E-state index contributed by atoms with van der Waals surface area (Å²) in [6, 6.07) is 6.35. The number of carbonyl (C=O) groups is 2. The van der Waals surface area contributed by atoms with Gasteiger partial charge in [-0.1, -0.05) is 11.8 Å². The summed E-state index contributed by atoms with van der Waals surface area (Å²) in [5.41, 5.74) is 1.08. The molecule has 0 bridgehead atoms. The zero-order valence-corrected chi connectivity index (χ0v) is 14.9. The van der Waals surface area contributed by atoms with E-state index in [9.17, 15) is 14.4 Å². The molecule has 3 rings (SSSR count). The van der Waals surface area contributed by atoms with E-state index in [-0.39, 0.29) is 17.3 Å². The first-order valence-electron chi connectivity index (χ1n) is 7.75. The molecule has 2 aromatic rings. The third kappa shape index (κ3) is 3.64. The van der Waals surface area contributed by atoms with Crippen molar-refractivity contribution in [2.75, 3.05) is 12.4 Å². The van der Waals surface area contributed by atoms with Crippen LogP contribution in [0.5, 0.6) is 0 Å². The Balaban J connectivity index is 1.82. The number of carbonyl (C=O) groups excluding carboxylic acids is 2. The highest BCUT2D eigenvalue weighted by Gasteiger charge is 2.21. The number of H-pyrrole nitrogens is 1. The summed E-state index contributed by atoms with van der Waals surface area (Å²) < 4.78 is 6.09. The van der Waals surface area contributed by atoms with Crippen LogP contribution in [0.1, 0.15) is 23.0 Å². The molecule has 1 aromatic carbocycles. The highest BCUT2D eigenvalue weighted by Crippen LogP contribution is 2.20. The molecule has 0 radical (unpaired) electrons. The van der Waals surface area contributed by atoms with Crippen molar-refractivity contribution >= 4 is 40.2 Å². The van der Waals surface area contributed by atoms with Gasteiger partial charge in [0.2, 0.25) is 0 Å². The molecule has 0 saturated heterocycles. The normalized spacial score (nSPS) is 14.1. The highest BCUT2D eigenvalue weighted by atomic mass is 32.2. The number of aliphatic imine (C=N–C) groups is 1. The summed E-state index contributed by atoms with van der Waals surface area (Å²) in [4.78, 5) is 39.1. The molecule has 0 spiro atoms. The van der Waals surface area contributed by atoms with Gasteiger partial charge in [0.05, 0.1) is 29.3 Å². The van der Waals surface area contributed by atoms with Crippen molar-refractivity contribution in [3.05, 3.63) is 45.9 Å². The Morgan fingerprint density at radius 1 is 1.31 bits per heavy atom. The molecule has 9 nitrogen and oxygen atoms in total. The second kappa shape index (κ2) is 7.48. The van der Waals surface area contributed by atoms with Crippen molar-refractivity contribution in [2.45, 2.75) is 13.8 Å². The number of rotatable bonds is 4. The number of aromatic nitrogens is 2. The average molecular weight is 373 g/mol. The number of nitrogens with one attached hydrogen (secondary N) is 1. The Morgan fingerprint density at radius 2 is 2.04 bits per heavy atom. The first kappa shape index (κ1) is 17.8. The molecule has 26 heavy (non-hydrogen) atoms. The lowest BCUT2D eigenvalue weighted by Gasteiger charge is -2.00. The SMILES string of the molecule is CCOC(=O)c1ccc(N=Nc2c(C)[nH]n(C3=NC(=O)CS3)c2=O)cc1. The van der Waals surface area contributed by atoms with E-state index in [0.29, 0.717) is 28.7 Å². The van der Waals surface area contributed by atoms with Crippen molar-refractivity contribution < 1.29 is 14.3 Å². The molecule has 1 aliphatic rings. The molecule has 2 heterocycles. The zero-order valence-electron chi connectivity index (χ0n) is 14.1. The number of esters is 1. The molecule has 0 saturated carbocycles. The van der Waals surface area contributed by atoms with E-state index in [1.54, 1.807) is 38.1 Å². The van der Waals surface area contributed by atoms with Crippen molar-refractivity contribution in [3.8, 4) is 0 Å². The number of hydrogen-bond donors (Lipinski definition) is 1. The fourth-order valence-electron chi connectivity index (χ4n) is 2.19. The van der Waals surface area contributed by atoms with Gasteiger partial charge in [-0.3, -0.25) is 14.7 Å². The smallest absolute Gasteiger partial charge is 0.338 e. The van der Waals surface area contributed by atoms with Crippen molar-refractivity contribution in [1.29, 1.82) is 0 Å². The number of amides is 1. The lowest BCUT2D eigenvalue weighted by atomic mass is 10.2.